The zero-order valence-corrected chi connectivity index (χ0v) is 17.2. The van der Waals surface area contributed by atoms with E-state index in [4.69, 9.17) is 15.9 Å². The summed E-state index contributed by atoms with van der Waals surface area (Å²) in [5.74, 6) is 0. The number of hydrogen-bond acceptors (Lipinski definition) is 3. The molecule has 0 bridgehead atoms. The van der Waals surface area contributed by atoms with Crippen LogP contribution in [0.3, 0.4) is 0 Å². The Morgan fingerprint density at radius 3 is 2.00 bits per heavy atom. The Bertz CT molecular complexity index is 625. The van der Waals surface area contributed by atoms with Crippen molar-refractivity contribution in [1.29, 1.82) is 0 Å². The average Bonchev–Trinajstić information content (AvgIpc) is 2.71. The fraction of sp³-hybridized carbons (Fsp3) is 0.500. The first-order valence-corrected chi connectivity index (χ1v) is 10.1. The van der Waals surface area contributed by atoms with Gasteiger partial charge < -0.3 is 15.9 Å². The van der Waals surface area contributed by atoms with E-state index in [1.807, 2.05) is 6.92 Å². The number of benzene rings is 2. The molecule has 0 saturated carbocycles. The molecule has 3 heteroatoms. The van der Waals surface area contributed by atoms with Crippen molar-refractivity contribution in [1.82, 2.24) is 0 Å². The minimum atomic E-state index is -0.764. The first kappa shape index (κ1) is 23.4. The maximum absolute atomic E-state index is 8.50. The van der Waals surface area contributed by atoms with Gasteiger partial charge in [-0.15, -0.1) is 0 Å². The molecular formula is C24H37NO2. The fourth-order valence-corrected chi connectivity index (χ4v) is 2.72. The van der Waals surface area contributed by atoms with Gasteiger partial charge in [-0.25, -0.2) is 0 Å². The topological polar surface area (TPSA) is 66.5 Å². The van der Waals surface area contributed by atoms with Crippen molar-refractivity contribution in [2.45, 2.75) is 64.8 Å². The van der Waals surface area contributed by atoms with Crippen LogP contribution in [0, 0.1) is 6.92 Å². The summed E-state index contributed by atoms with van der Waals surface area (Å²) in [6, 6.07) is 17.8. The molecule has 0 unspecified atom stereocenters. The molecule has 0 aromatic heterocycles. The predicted octanol–water partition coefficient (Wildman–Crippen LogP) is 4.86. The van der Waals surface area contributed by atoms with Crippen molar-refractivity contribution in [2.75, 3.05) is 13.2 Å². The molecule has 0 amide bonds. The highest BCUT2D eigenvalue weighted by Gasteiger charge is 2.19. The monoisotopic (exact) mass is 371 g/mol. The highest BCUT2D eigenvalue weighted by atomic mass is 16.3. The van der Waals surface area contributed by atoms with Crippen LogP contribution in [0.4, 0.5) is 0 Å². The maximum atomic E-state index is 8.50. The van der Waals surface area contributed by atoms with E-state index in [-0.39, 0.29) is 13.2 Å². The maximum Gasteiger partial charge on any atom is 0.0633 e. The third kappa shape index (κ3) is 8.70. The Labute approximate surface area is 165 Å². The third-order valence-corrected chi connectivity index (χ3v) is 4.96. The minimum Gasteiger partial charge on any atom is -0.394 e. The fourth-order valence-electron chi connectivity index (χ4n) is 2.72. The van der Waals surface area contributed by atoms with Gasteiger partial charge in [0.15, 0.2) is 0 Å². The molecule has 0 aliphatic carbocycles. The first-order chi connectivity index (χ1) is 13.0. The van der Waals surface area contributed by atoms with Gasteiger partial charge >= 0.3 is 0 Å². The van der Waals surface area contributed by atoms with E-state index in [9.17, 15) is 0 Å². The SMILES string of the molecule is CCC(N)(CO)CO.CCCCCCc1ccc(-c2cccc(C)c2)cc1. The molecular weight excluding hydrogens is 334 g/mol. The summed E-state index contributed by atoms with van der Waals surface area (Å²) in [6.07, 6.45) is 7.16. The quantitative estimate of drug-likeness (QED) is 0.551. The Balaban J connectivity index is 0.000000387. The molecule has 0 radical (unpaired) electrons. The molecule has 2 aromatic carbocycles. The number of rotatable bonds is 9. The van der Waals surface area contributed by atoms with E-state index >= 15 is 0 Å². The van der Waals surface area contributed by atoms with Crippen LogP contribution in [0.2, 0.25) is 0 Å². The van der Waals surface area contributed by atoms with Crippen molar-refractivity contribution in [3.63, 3.8) is 0 Å². The van der Waals surface area contributed by atoms with Crippen LogP contribution in [-0.2, 0) is 6.42 Å². The average molecular weight is 372 g/mol. The van der Waals surface area contributed by atoms with Gasteiger partial charge in [0.05, 0.1) is 18.8 Å². The molecule has 150 valence electrons. The molecule has 4 N–H and O–H groups in total. The summed E-state index contributed by atoms with van der Waals surface area (Å²) < 4.78 is 0. The van der Waals surface area contributed by atoms with Gasteiger partial charge in [-0.2, -0.15) is 0 Å². The molecule has 0 aliphatic rings. The molecule has 0 aliphatic heterocycles. The van der Waals surface area contributed by atoms with Crippen molar-refractivity contribution in [3.05, 3.63) is 59.7 Å². The van der Waals surface area contributed by atoms with Gasteiger partial charge in [0, 0.05) is 0 Å². The second-order valence-corrected chi connectivity index (χ2v) is 7.41. The van der Waals surface area contributed by atoms with Crippen molar-refractivity contribution < 1.29 is 10.2 Å². The van der Waals surface area contributed by atoms with E-state index < -0.39 is 5.54 Å². The number of hydrogen-bond donors (Lipinski definition) is 3. The number of aliphatic hydroxyl groups excluding tert-OH is 2. The number of aryl methyl sites for hydroxylation is 2. The largest absolute Gasteiger partial charge is 0.394 e. The summed E-state index contributed by atoms with van der Waals surface area (Å²) >= 11 is 0. The van der Waals surface area contributed by atoms with Crippen LogP contribution in [-0.4, -0.2) is 29.0 Å². The van der Waals surface area contributed by atoms with Crippen LogP contribution >= 0.6 is 0 Å². The lowest BCUT2D eigenvalue weighted by Gasteiger charge is -2.21. The van der Waals surface area contributed by atoms with Crippen LogP contribution in [0.25, 0.3) is 11.1 Å². The first-order valence-electron chi connectivity index (χ1n) is 10.1. The lowest BCUT2D eigenvalue weighted by atomic mass is 10.00. The van der Waals surface area contributed by atoms with Crippen LogP contribution < -0.4 is 5.73 Å². The smallest absolute Gasteiger partial charge is 0.0633 e. The summed E-state index contributed by atoms with van der Waals surface area (Å²) in [6.45, 7) is 5.93. The highest BCUT2D eigenvalue weighted by Crippen LogP contribution is 2.21. The van der Waals surface area contributed by atoms with E-state index in [1.54, 1.807) is 0 Å². The normalized spacial score (nSPS) is 11.0. The Kier molecular flexibility index (Phi) is 11.0. The van der Waals surface area contributed by atoms with Gasteiger partial charge in [0.2, 0.25) is 0 Å². The van der Waals surface area contributed by atoms with Crippen LogP contribution in [0.5, 0.6) is 0 Å². The standard InChI is InChI=1S/C19H24.C5H13NO2/c1-3-4-5-6-9-17-11-13-18(14-12-17)19-10-7-8-16(2)15-19;1-2-5(6,3-7)4-8/h7-8,10-15H,3-6,9H2,1-2H3;7-8H,2-4,6H2,1H3. The Morgan fingerprint density at radius 2 is 1.52 bits per heavy atom. The predicted molar refractivity (Wildman–Crippen MR) is 116 cm³/mol. The minimum absolute atomic E-state index is 0.153. The zero-order chi connectivity index (χ0) is 20.1. The molecule has 0 fully saturated rings. The number of unbranched alkanes of at least 4 members (excludes halogenated alkanes) is 3. The van der Waals surface area contributed by atoms with Gasteiger partial charge in [0.25, 0.3) is 0 Å². The van der Waals surface area contributed by atoms with Crippen molar-refractivity contribution in [3.8, 4) is 11.1 Å². The van der Waals surface area contributed by atoms with E-state index in [2.05, 4.69) is 62.4 Å². The van der Waals surface area contributed by atoms with Gasteiger partial charge in [-0.3, -0.25) is 0 Å². The van der Waals surface area contributed by atoms with Crippen LogP contribution in [0.1, 0.15) is 57.1 Å². The van der Waals surface area contributed by atoms with Crippen LogP contribution in [0.15, 0.2) is 48.5 Å². The summed E-state index contributed by atoms with van der Waals surface area (Å²) in [4.78, 5) is 0. The summed E-state index contributed by atoms with van der Waals surface area (Å²) in [7, 11) is 0. The zero-order valence-electron chi connectivity index (χ0n) is 17.2. The molecule has 0 atom stereocenters. The third-order valence-electron chi connectivity index (χ3n) is 4.96. The van der Waals surface area contributed by atoms with Gasteiger partial charge in [-0.05, 0) is 42.9 Å². The lowest BCUT2D eigenvalue weighted by molar-refractivity contribution is 0.118. The van der Waals surface area contributed by atoms with E-state index in [0.717, 1.165) is 0 Å². The molecule has 0 heterocycles. The second-order valence-electron chi connectivity index (χ2n) is 7.41. The summed E-state index contributed by atoms with van der Waals surface area (Å²) in [5.41, 5.74) is 10.1. The van der Waals surface area contributed by atoms with E-state index in [1.165, 1.54) is 54.4 Å². The van der Waals surface area contributed by atoms with Gasteiger partial charge in [-0.1, -0.05) is 87.2 Å². The number of aliphatic hydroxyl groups is 2. The Hall–Kier alpha value is -1.68. The van der Waals surface area contributed by atoms with E-state index in [0.29, 0.717) is 6.42 Å². The lowest BCUT2D eigenvalue weighted by Crippen LogP contribution is -2.46. The van der Waals surface area contributed by atoms with Crippen molar-refractivity contribution in [2.24, 2.45) is 5.73 Å². The number of nitrogens with two attached hydrogens (primary N) is 1. The van der Waals surface area contributed by atoms with Crippen molar-refractivity contribution >= 4 is 0 Å². The molecule has 0 saturated heterocycles. The second kappa shape index (κ2) is 12.7. The Morgan fingerprint density at radius 1 is 0.852 bits per heavy atom. The molecule has 3 nitrogen and oxygen atoms in total. The molecule has 2 aromatic rings. The molecule has 2 rings (SSSR count). The summed E-state index contributed by atoms with van der Waals surface area (Å²) in [5, 5.41) is 17.0. The van der Waals surface area contributed by atoms with Gasteiger partial charge in [0.1, 0.15) is 0 Å². The molecule has 27 heavy (non-hydrogen) atoms. The highest BCUT2D eigenvalue weighted by molar-refractivity contribution is 5.64. The molecule has 0 spiro atoms.